The molecule has 0 spiro atoms. The highest BCUT2D eigenvalue weighted by atomic mass is 35.5. The highest BCUT2D eigenvalue weighted by Crippen LogP contribution is 2.38. The van der Waals surface area contributed by atoms with E-state index in [1.807, 2.05) is 5.43 Å². The number of nitrogens with one attached hydrogen (secondary N) is 2. The van der Waals surface area contributed by atoms with Gasteiger partial charge in [0.1, 0.15) is 12.4 Å². The summed E-state index contributed by atoms with van der Waals surface area (Å²) in [5.41, 5.74) is 2.79. The molecule has 11 nitrogen and oxygen atoms in total. The molecule has 2 N–H and O–H groups in total. The molecular formula is C24H22ClF4N9O2. The van der Waals surface area contributed by atoms with E-state index in [2.05, 4.69) is 25.5 Å². The smallest absolute Gasteiger partial charge is 0.433 e. The van der Waals surface area contributed by atoms with Gasteiger partial charge < -0.3 is 9.94 Å². The number of benzene rings is 1. The first kappa shape index (κ1) is 21.6. The Labute approximate surface area is 236 Å². The van der Waals surface area contributed by atoms with Gasteiger partial charge in [0.25, 0.3) is 0 Å². The maximum absolute atomic E-state index is 15.4. The van der Waals surface area contributed by atoms with Crippen molar-refractivity contribution < 1.29 is 33.9 Å². The van der Waals surface area contributed by atoms with Crippen LogP contribution in [0.5, 0.6) is 0 Å². The van der Waals surface area contributed by atoms with Gasteiger partial charge in [0.05, 0.1) is 46.7 Å². The van der Waals surface area contributed by atoms with Crippen molar-refractivity contribution in [2.75, 3.05) is 18.6 Å². The summed E-state index contributed by atoms with van der Waals surface area (Å²) in [4.78, 5) is 4.12. The summed E-state index contributed by atoms with van der Waals surface area (Å²) in [6.45, 7) is -2.79. The third-order valence-corrected chi connectivity index (χ3v) is 6.31. The van der Waals surface area contributed by atoms with Gasteiger partial charge in [-0.25, -0.2) is 14.1 Å². The van der Waals surface area contributed by atoms with Gasteiger partial charge in [0.15, 0.2) is 23.5 Å². The largest absolute Gasteiger partial charge is 0.618 e. The summed E-state index contributed by atoms with van der Waals surface area (Å²) in [5, 5.41) is 22.2. The summed E-state index contributed by atoms with van der Waals surface area (Å²) in [7, 11) is -1.49. The SMILES string of the molecule is [2H]C([2H])([2H])OC([2H])([2H])C[C@@H](c1ccc(-c2c(N3C=C(C(F)(F)F)NN3)ccc(Cl)c2F)c[n+]1[O-])n1cc(-c2ncnn2C)cn1. The maximum Gasteiger partial charge on any atom is 0.433 e. The van der Waals surface area contributed by atoms with Gasteiger partial charge in [0.2, 0.25) is 5.69 Å². The number of nitrogens with zero attached hydrogens (tertiary/aromatic N) is 7. The summed E-state index contributed by atoms with van der Waals surface area (Å²) in [5.74, 6) is -0.638. The number of hydrogen-bond acceptors (Lipinski definition) is 8. The first-order chi connectivity index (χ1) is 20.9. The lowest BCUT2D eigenvalue weighted by molar-refractivity contribution is -0.615. The molecule has 4 aromatic rings. The van der Waals surface area contributed by atoms with E-state index in [9.17, 15) is 18.4 Å². The average molecular weight is 585 g/mol. The first-order valence-electron chi connectivity index (χ1n) is 13.8. The monoisotopic (exact) mass is 584 g/mol. The number of hydrazine groups is 2. The van der Waals surface area contributed by atoms with Gasteiger partial charge in [0, 0.05) is 39.3 Å². The summed E-state index contributed by atoms with van der Waals surface area (Å²) in [6, 6.07) is 3.60. The van der Waals surface area contributed by atoms with E-state index in [1.54, 1.807) is 7.05 Å². The molecule has 0 unspecified atom stereocenters. The Hall–Kier alpha value is -4.21. The number of hydrogen-bond donors (Lipinski definition) is 2. The van der Waals surface area contributed by atoms with Crippen LogP contribution in [0.15, 0.2) is 61.1 Å². The highest BCUT2D eigenvalue weighted by molar-refractivity contribution is 6.31. The fraction of sp³-hybridized carbons (Fsp3) is 0.250. The summed E-state index contributed by atoms with van der Waals surface area (Å²) < 4.78 is 101. The average Bonchev–Trinajstić information content (AvgIpc) is 3.68. The Balaban J connectivity index is 1.58. The predicted molar refractivity (Wildman–Crippen MR) is 136 cm³/mol. The zero-order chi connectivity index (χ0) is 32.9. The van der Waals surface area contributed by atoms with Crippen molar-refractivity contribution in [3.63, 3.8) is 0 Å². The molecule has 5 rings (SSSR count). The van der Waals surface area contributed by atoms with Gasteiger partial charge >= 0.3 is 6.18 Å². The molecule has 1 aliphatic rings. The van der Waals surface area contributed by atoms with Crippen molar-refractivity contribution >= 4 is 17.3 Å². The molecule has 210 valence electrons. The summed E-state index contributed by atoms with van der Waals surface area (Å²) in [6.07, 6.45) is 0.251. The molecular weight excluding hydrogens is 558 g/mol. The number of ether oxygens (including phenoxy) is 1. The second-order valence-corrected chi connectivity index (χ2v) is 8.86. The van der Waals surface area contributed by atoms with Crippen LogP contribution in [0, 0.1) is 11.0 Å². The van der Waals surface area contributed by atoms with E-state index < -0.39 is 43.8 Å². The van der Waals surface area contributed by atoms with Crippen LogP contribution < -0.4 is 20.7 Å². The third kappa shape index (κ3) is 5.17. The second-order valence-electron chi connectivity index (χ2n) is 8.45. The Bertz CT molecular complexity index is 1760. The second kappa shape index (κ2) is 10.7. The number of allylic oxidation sites excluding steroid dienone is 1. The number of aromatic nitrogens is 6. The van der Waals surface area contributed by atoms with E-state index in [4.69, 9.17) is 18.5 Å². The molecule has 0 aliphatic carbocycles. The van der Waals surface area contributed by atoms with Crippen LogP contribution in [0.2, 0.25) is 5.02 Å². The fourth-order valence-corrected chi connectivity index (χ4v) is 4.30. The number of methoxy groups -OCH3 is 1. The first-order valence-corrected chi connectivity index (χ1v) is 11.7. The molecule has 0 saturated heterocycles. The normalized spacial score (nSPS) is 16.9. The van der Waals surface area contributed by atoms with Gasteiger partial charge in [-0.1, -0.05) is 11.6 Å². The quantitative estimate of drug-likeness (QED) is 0.183. The van der Waals surface area contributed by atoms with Crippen LogP contribution in [-0.2, 0) is 11.8 Å². The molecule has 40 heavy (non-hydrogen) atoms. The van der Waals surface area contributed by atoms with Crippen molar-refractivity contribution in [1.82, 2.24) is 35.5 Å². The minimum Gasteiger partial charge on any atom is -0.618 e. The topological polar surface area (TPSA) is 112 Å². The minimum absolute atomic E-state index is 0.0971. The van der Waals surface area contributed by atoms with E-state index >= 15 is 4.39 Å². The number of pyridine rings is 1. The summed E-state index contributed by atoms with van der Waals surface area (Å²) >= 11 is 5.99. The van der Waals surface area contributed by atoms with E-state index in [0.717, 1.165) is 17.3 Å². The molecule has 3 aromatic heterocycles. The maximum atomic E-state index is 15.4. The molecule has 0 amide bonds. The lowest BCUT2D eigenvalue weighted by Gasteiger charge is -2.21. The molecule has 1 aromatic carbocycles. The number of halogens is 5. The van der Waals surface area contributed by atoms with Crippen molar-refractivity contribution in [3.8, 4) is 22.5 Å². The molecule has 0 fully saturated rings. The Kier molecular flexibility index (Phi) is 5.80. The third-order valence-electron chi connectivity index (χ3n) is 6.02. The van der Waals surface area contributed by atoms with Gasteiger partial charge in [-0.05, 0) is 18.2 Å². The fourth-order valence-electron chi connectivity index (χ4n) is 4.14. The number of anilines is 1. The van der Waals surface area contributed by atoms with Crippen LogP contribution in [0.1, 0.15) is 25.0 Å². The standard InChI is InChI=1S/C24H22ClF4N9O2/c1-35-23(30-13-32-35)15-9-31-36(10-15)17(7-8-40-2)18-5-3-14(11-38(18)39)21-19(6-4-16(25)22(21)26)37-12-20(33-34-37)24(27,28)29/h3-6,9-13,17,33-34H,7-8H2,1-2H3/t17-/m0/s1/i2D3,8D2. The lowest BCUT2D eigenvalue weighted by atomic mass is 10.0. The molecule has 4 heterocycles. The predicted octanol–water partition coefficient (Wildman–Crippen LogP) is 3.63. The van der Waals surface area contributed by atoms with Gasteiger partial charge in [-0.15, -0.1) is 5.53 Å². The number of aryl methyl sites for hydroxylation is 1. The Morgan fingerprint density at radius 3 is 2.75 bits per heavy atom. The molecule has 16 heteroatoms. The molecule has 1 aliphatic heterocycles. The van der Waals surface area contributed by atoms with Crippen molar-refractivity contribution in [1.29, 1.82) is 0 Å². The number of rotatable bonds is 8. The van der Waals surface area contributed by atoms with E-state index in [-0.39, 0.29) is 32.3 Å². The van der Waals surface area contributed by atoms with Crippen LogP contribution in [-0.4, -0.2) is 44.3 Å². The van der Waals surface area contributed by atoms with Crippen molar-refractivity contribution in [2.24, 2.45) is 7.05 Å². The van der Waals surface area contributed by atoms with Crippen LogP contribution in [0.4, 0.5) is 23.2 Å². The van der Waals surface area contributed by atoms with E-state index in [1.165, 1.54) is 46.3 Å². The minimum atomic E-state index is -4.74. The van der Waals surface area contributed by atoms with E-state index in [0.29, 0.717) is 17.6 Å². The molecule has 1 atom stereocenters. The zero-order valence-corrected chi connectivity index (χ0v) is 21.1. The highest BCUT2D eigenvalue weighted by Gasteiger charge is 2.38. The van der Waals surface area contributed by atoms with Crippen LogP contribution in [0.25, 0.3) is 22.5 Å². The molecule has 0 bridgehead atoms. The lowest BCUT2D eigenvalue weighted by Crippen LogP contribution is -2.39. The molecule has 0 radical (unpaired) electrons. The van der Waals surface area contributed by atoms with Crippen LogP contribution in [0.3, 0.4) is 0 Å². The Morgan fingerprint density at radius 1 is 1.25 bits per heavy atom. The molecule has 0 saturated carbocycles. The Morgan fingerprint density at radius 2 is 2.08 bits per heavy atom. The van der Waals surface area contributed by atoms with Crippen molar-refractivity contribution in [3.05, 3.63) is 82.8 Å². The van der Waals surface area contributed by atoms with Crippen molar-refractivity contribution in [2.45, 2.75) is 18.6 Å². The van der Waals surface area contributed by atoms with Gasteiger partial charge in [-0.3, -0.25) is 15.1 Å². The van der Waals surface area contributed by atoms with Crippen LogP contribution >= 0.6 is 11.6 Å². The zero-order valence-electron chi connectivity index (χ0n) is 25.3. The van der Waals surface area contributed by atoms with Gasteiger partial charge in [-0.2, -0.15) is 28.1 Å². The number of alkyl halides is 3.